The van der Waals surface area contributed by atoms with Gasteiger partial charge in [-0.2, -0.15) is 0 Å². The Bertz CT molecular complexity index is 662. The van der Waals surface area contributed by atoms with Crippen molar-refractivity contribution in [2.75, 3.05) is 13.2 Å². The highest BCUT2D eigenvalue weighted by atomic mass is 16.5. The van der Waals surface area contributed by atoms with Crippen molar-refractivity contribution in [2.45, 2.75) is 111 Å². The molecule has 3 rings (SSSR count). The summed E-state index contributed by atoms with van der Waals surface area (Å²) in [4.78, 5) is 5.11. The van der Waals surface area contributed by atoms with Crippen molar-refractivity contribution in [3.8, 4) is 0 Å². The lowest BCUT2D eigenvalue weighted by Gasteiger charge is -2.42. The third-order valence-corrected chi connectivity index (χ3v) is 8.33. The van der Waals surface area contributed by atoms with Crippen LogP contribution in [-0.4, -0.2) is 24.2 Å². The minimum atomic E-state index is -0.0591. The molecule has 1 aliphatic heterocycles. The van der Waals surface area contributed by atoms with Crippen molar-refractivity contribution in [2.24, 2.45) is 27.7 Å². The molecule has 1 unspecified atom stereocenters. The van der Waals surface area contributed by atoms with Gasteiger partial charge in [0, 0.05) is 28.5 Å². The fourth-order valence-electron chi connectivity index (χ4n) is 5.85. The van der Waals surface area contributed by atoms with Crippen LogP contribution in [0.15, 0.2) is 28.4 Å². The quantitative estimate of drug-likeness (QED) is 0.388. The summed E-state index contributed by atoms with van der Waals surface area (Å²) in [5, 5.41) is 10.4. The molecule has 0 amide bonds. The van der Waals surface area contributed by atoms with E-state index >= 15 is 0 Å². The second kappa shape index (κ2) is 11.2. The van der Waals surface area contributed by atoms with Gasteiger partial charge in [0.1, 0.15) is 0 Å². The van der Waals surface area contributed by atoms with Crippen LogP contribution in [0.5, 0.6) is 0 Å². The summed E-state index contributed by atoms with van der Waals surface area (Å²) >= 11 is 0. The number of aliphatic hydroxyl groups is 1. The van der Waals surface area contributed by atoms with E-state index in [4.69, 9.17) is 9.73 Å². The van der Waals surface area contributed by atoms with Gasteiger partial charge in [-0.15, -0.1) is 0 Å². The van der Waals surface area contributed by atoms with E-state index in [0.717, 1.165) is 37.5 Å². The zero-order chi connectivity index (χ0) is 22.3. The molecule has 2 fully saturated rings. The summed E-state index contributed by atoms with van der Waals surface area (Å²) in [7, 11) is 0. The number of aliphatic imine (C=N–C) groups is 1. The minimum Gasteiger partial charge on any atom is -0.477 e. The monoisotopic (exact) mass is 429 g/mol. The fourth-order valence-corrected chi connectivity index (χ4v) is 5.85. The van der Waals surface area contributed by atoms with Gasteiger partial charge in [0.2, 0.25) is 5.90 Å². The smallest absolute Gasteiger partial charge is 0.213 e. The van der Waals surface area contributed by atoms with Crippen molar-refractivity contribution in [1.82, 2.24) is 0 Å². The lowest BCUT2D eigenvalue weighted by atomic mass is 9.65. The summed E-state index contributed by atoms with van der Waals surface area (Å²) in [6, 6.07) is 0. The molecule has 0 bridgehead atoms. The van der Waals surface area contributed by atoms with Crippen LogP contribution in [0.25, 0.3) is 0 Å². The molecule has 3 heteroatoms. The van der Waals surface area contributed by atoms with Gasteiger partial charge in [0.15, 0.2) is 0 Å². The molecular weight excluding hydrogens is 382 g/mol. The lowest BCUT2D eigenvalue weighted by Crippen LogP contribution is -2.37. The van der Waals surface area contributed by atoms with E-state index in [1.807, 2.05) is 0 Å². The number of hydrogen-bond acceptors (Lipinski definition) is 3. The van der Waals surface area contributed by atoms with Crippen LogP contribution < -0.4 is 0 Å². The minimum absolute atomic E-state index is 0.0591. The first-order valence-corrected chi connectivity index (χ1v) is 13.2. The largest absolute Gasteiger partial charge is 0.477 e. The first kappa shape index (κ1) is 24.6. The molecule has 0 saturated heterocycles. The Kier molecular flexibility index (Phi) is 8.84. The molecule has 1 N–H and O–H groups in total. The molecule has 176 valence electrons. The van der Waals surface area contributed by atoms with Crippen molar-refractivity contribution < 1.29 is 9.84 Å². The van der Waals surface area contributed by atoms with E-state index in [-0.39, 0.29) is 17.4 Å². The Morgan fingerprint density at radius 1 is 1.19 bits per heavy atom. The molecule has 3 aliphatic rings. The Morgan fingerprint density at radius 2 is 1.94 bits per heavy atom. The maximum atomic E-state index is 10.4. The van der Waals surface area contributed by atoms with Gasteiger partial charge in [-0.25, -0.2) is 4.99 Å². The first-order valence-electron chi connectivity index (χ1n) is 13.2. The topological polar surface area (TPSA) is 41.8 Å². The molecule has 2 aliphatic carbocycles. The van der Waals surface area contributed by atoms with E-state index in [9.17, 15) is 5.11 Å². The average Bonchev–Trinajstić information content (AvgIpc) is 2.75. The molecular formula is C28H47NO2. The van der Waals surface area contributed by atoms with Crippen molar-refractivity contribution >= 4 is 5.90 Å². The average molecular weight is 430 g/mol. The molecule has 1 heterocycles. The van der Waals surface area contributed by atoms with Crippen molar-refractivity contribution in [3.63, 3.8) is 0 Å². The summed E-state index contributed by atoms with van der Waals surface area (Å²) in [5.74, 6) is 2.15. The molecule has 0 aromatic carbocycles. The molecule has 0 aromatic heterocycles. The van der Waals surface area contributed by atoms with Crippen LogP contribution in [0.3, 0.4) is 0 Å². The predicted molar refractivity (Wildman–Crippen MR) is 131 cm³/mol. The highest BCUT2D eigenvalue weighted by molar-refractivity contribution is 5.90. The van der Waals surface area contributed by atoms with E-state index in [2.05, 4.69) is 39.8 Å². The van der Waals surface area contributed by atoms with Crippen LogP contribution in [0.2, 0.25) is 0 Å². The van der Waals surface area contributed by atoms with Gasteiger partial charge < -0.3 is 9.84 Å². The number of nitrogens with zero attached hydrogens (tertiary/aromatic N) is 1. The van der Waals surface area contributed by atoms with E-state index in [0.29, 0.717) is 12.5 Å². The van der Waals surface area contributed by atoms with E-state index in [1.54, 1.807) is 0 Å². The summed E-state index contributed by atoms with van der Waals surface area (Å²) in [6.45, 7) is 10.1. The zero-order valence-electron chi connectivity index (χ0n) is 20.7. The Labute approximate surface area is 191 Å². The van der Waals surface area contributed by atoms with Gasteiger partial charge in [0.25, 0.3) is 0 Å². The van der Waals surface area contributed by atoms with Crippen LogP contribution in [-0.2, 0) is 4.74 Å². The molecule has 31 heavy (non-hydrogen) atoms. The van der Waals surface area contributed by atoms with Crippen molar-refractivity contribution in [3.05, 3.63) is 23.4 Å². The summed E-state index contributed by atoms with van der Waals surface area (Å²) in [5.41, 5.74) is 2.58. The van der Waals surface area contributed by atoms with Crippen LogP contribution in [0.1, 0.15) is 111 Å². The lowest BCUT2D eigenvalue weighted by molar-refractivity contribution is 0.0936. The maximum Gasteiger partial charge on any atom is 0.213 e. The van der Waals surface area contributed by atoms with Gasteiger partial charge >= 0.3 is 0 Å². The molecule has 2 saturated carbocycles. The highest BCUT2D eigenvalue weighted by Crippen LogP contribution is 2.47. The Morgan fingerprint density at radius 3 is 2.52 bits per heavy atom. The summed E-state index contributed by atoms with van der Waals surface area (Å²) < 4.78 is 6.18. The van der Waals surface area contributed by atoms with Gasteiger partial charge in [-0.1, -0.05) is 85.1 Å². The number of hydrogen-bond donors (Lipinski definition) is 1. The van der Waals surface area contributed by atoms with E-state index < -0.39 is 0 Å². The van der Waals surface area contributed by atoms with Crippen molar-refractivity contribution in [1.29, 1.82) is 0 Å². The van der Waals surface area contributed by atoms with Crippen LogP contribution >= 0.6 is 0 Å². The zero-order valence-corrected chi connectivity index (χ0v) is 20.7. The molecule has 3 nitrogen and oxygen atoms in total. The van der Waals surface area contributed by atoms with Gasteiger partial charge in [-0.3, -0.25) is 0 Å². The number of aliphatic hydroxyl groups excluding tert-OH is 1. The highest BCUT2D eigenvalue weighted by Gasteiger charge is 2.40. The first-order chi connectivity index (χ1) is 14.9. The number of allylic oxidation sites excluding steroid dienone is 2. The molecule has 0 aromatic rings. The van der Waals surface area contributed by atoms with Crippen LogP contribution in [0.4, 0.5) is 0 Å². The summed E-state index contributed by atoms with van der Waals surface area (Å²) in [6.07, 6.45) is 20.6. The predicted octanol–water partition coefficient (Wildman–Crippen LogP) is 7.60. The molecule has 1 atom stereocenters. The van der Waals surface area contributed by atoms with Crippen LogP contribution in [0, 0.1) is 22.7 Å². The maximum absolute atomic E-state index is 10.4. The van der Waals surface area contributed by atoms with E-state index in [1.165, 1.54) is 69.1 Å². The fraction of sp³-hybridized carbons (Fsp3) is 0.821. The third kappa shape index (κ3) is 6.03. The second-order valence-electron chi connectivity index (χ2n) is 11.0. The number of rotatable bonds is 10. The second-order valence-corrected chi connectivity index (χ2v) is 11.0. The number of ether oxygens (including phenoxy) is 1. The Hall–Kier alpha value is -1.09. The normalized spacial score (nSPS) is 26.4. The molecule has 0 radical (unpaired) electrons. The SMILES string of the molecule is CCC=C(N=C1C=C(C2(CO)CCCCC2)C(CC)CO1)C(C)(C)CCCC1CCC1. The Balaban J connectivity index is 1.81. The van der Waals surface area contributed by atoms with Gasteiger partial charge in [0.05, 0.1) is 13.2 Å². The standard InChI is InChI=1S/C28H47NO2/c1-5-12-25(27(3,4)16-11-15-22-13-10-14-22)29-26-19-24(23(6-2)20-31-26)28(21-30)17-8-7-9-18-28/h12,19,22-23,30H,5-11,13-18,20-21H2,1-4H3. The molecule has 0 spiro atoms. The van der Waals surface area contributed by atoms with Gasteiger partial charge in [-0.05, 0) is 43.6 Å². The third-order valence-electron chi connectivity index (χ3n) is 8.33.